The van der Waals surface area contributed by atoms with Crippen LogP contribution in [0.15, 0.2) is 9.98 Å². The Hall–Kier alpha value is -0.900. The average Bonchev–Trinajstić information content (AvgIpc) is 2.36. The van der Waals surface area contributed by atoms with Gasteiger partial charge in [0, 0.05) is 5.71 Å². The van der Waals surface area contributed by atoms with Crippen LogP contribution in [0.2, 0.25) is 0 Å². The first-order valence-corrected chi connectivity index (χ1v) is 7.71. The summed E-state index contributed by atoms with van der Waals surface area (Å²) in [6, 6.07) is 0. The van der Waals surface area contributed by atoms with E-state index in [9.17, 15) is 0 Å². The Kier molecular flexibility index (Phi) is 6.49. The normalized spacial score (nSPS) is 27.1. The van der Waals surface area contributed by atoms with E-state index in [1.54, 1.807) is 0 Å². The number of nitrogens with two attached hydrogens (primary N) is 2. The van der Waals surface area contributed by atoms with Gasteiger partial charge in [-0.1, -0.05) is 46.0 Å². The zero-order valence-corrected chi connectivity index (χ0v) is 12.8. The molecule has 4 N–H and O–H groups in total. The fourth-order valence-corrected chi connectivity index (χ4v) is 2.65. The van der Waals surface area contributed by atoms with Gasteiger partial charge >= 0.3 is 0 Å². The summed E-state index contributed by atoms with van der Waals surface area (Å²) in [7, 11) is 0. The smallest absolute Gasteiger partial charge is 0.193 e. The summed E-state index contributed by atoms with van der Waals surface area (Å²) in [5, 5.41) is 0. The maximum absolute atomic E-state index is 6.17. The molecule has 0 radical (unpaired) electrons. The van der Waals surface area contributed by atoms with Gasteiger partial charge in [-0.3, -0.25) is 10.7 Å². The van der Waals surface area contributed by atoms with E-state index in [0.29, 0.717) is 5.84 Å². The number of aliphatic imine (C=N–C) groups is 2. The summed E-state index contributed by atoms with van der Waals surface area (Å²) in [6.07, 6.45) is 8.78. The molecule has 1 aliphatic rings. The van der Waals surface area contributed by atoms with Gasteiger partial charge in [0.05, 0.1) is 5.41 Å². The number of amidine groups is 1. The number of hydrogen-bond donors (Lipinski definition) is 2. The molecular formula is C15H30N4. The first-order valence-electron chi connectivity index (χ1n) is 7.71. The third kappa shape index (κ3) is 4.30. The SMILES string of the molecule is CCCCCC1=NC(N)N=C(N)C1(C)CCCCC. The van der Waals surface area contributed by atoms with Gasteiger partial charge in [-0.05, 0) is 26.2 Å². The van der Waals surface area contributed by atoms with E-state index in [-0.39, 0.29) is 5.41 Å². The Morgan fingerprint density at radius 3 is 2.32 bits per heavy atom. The molecule has 0 aromatic heterocycles. The van der Waals surface area contributed by atoms with E-state index in [0.717, 1.165) is 18.6 Å². The second-order valence-corrected chi connectivity index (χ2v) is 5.75. The van der Waals surface area contributed by atoms with Crippen LogP contribution in [0.1, 0.15) is 72.1 Å². The van der Waals surface area contributed by atoms with Crippen molar-refractivity contribution < 1.29 is 0 Å². The number of hydrogen-bond acceptors (Lipinski definition) is 4. The molecule has 0 spiro atoms. The molecule has 2 atom stereocenters. The minimum atomic E-state index is -0.490. The maximum atomic E-state index is 6.17. The zero-order chi connectivity index (χ0) is 14.3. The van der Waals surface area contributed by atoms with Crippen molar-refractivity contribution in [3.8, 4) is 0 Å². The lowest BCUT2D eigenvalue weighted by atomic mass is 9.76. The van der Waals surface area contributed by atoms with E-state index in [4.69, 9.17) is 11.5 Å². The third-order valence-corrected chi connectivity index (χ3v) is 4.06. The van der Waals surface area contributed by atoms with Gasteiger partial charge in [0.1, 0.15) is 5.84 Å². The molecule has 1 aliphatic heterocycles. The Labute approximate surface area is 117 Å². The predicted molar refractivity (Wildman–Crippen MR) is 83.4 cm³/mol. The predicted octanol–water partition coefficient (Wildman–Crippen LogP) is 3.21. The van der Waals surface area contributed by atoms with Crippen molar-refractivity contribution in [1.29, 1.82) is 0 Å². The van der Waals surface area contributed by atoms with Crippen LogP contribution in [0.5, 0.6) is 0 Å². The molecule has 110 valence electrons. The van der Waals surface area contributed by atoms with Gasteiger partial charge in [-0.15, -0.1) is 0 Å². The first-order chi connectivity index (χ1) is 9.04. The van der Waals surface area contributed by atoms with Gasteiger partial charge in [-0.25, -0.2) is 4.99 Å². The Balaban J connectivity index is 2.75. The molecule has 0 fully saturated rings. The van der Waals surface area contributed by atoms with Crippen LogP contribution in [0, 0.1) is 5.41 Å². The Bertz CT molecular complexity index is 335. The highest BCUT2D eigenvalue weighted by atomic mass is 15.2. The van der Waals surface area contributed by atoms with Crippen LogP contribution in [-0.2, 0) is 0 Å². The lowest BCUT2D eigenvalue weighted by molar-refractivity contribution is 0.490. The molecule has 0 aromatic rings. The van der Waals surface area contributed by atoms with Gasteiger partial charge in [0.2, 0.25) is 0 Å². The van der Waals surface area contributed by atoms with Crippen molar-refractivity contribution in [3.63, 3.8) is 0 Å². The summed E-state index contributed by atoms with van der Waals surface area (Å²) < 4.78 is 0. The van der Waals surface area contributed by atoms with Crippen molar-refractivity contribution in [2.75, 3.05) is 0 Å². The van der Waals surface area contributed by atoms with Crippen LogP contribution >= 0.6 is 0 Å². The summed E-state index contributed by atoms with van der Waals surface area (Å²) in [6.45, 7) is 6.61. The molecule has 19 heavy (non-hydrogen) atoms. The summed E-state index contributed by atoms with van der Waals surface area (Å²) in [5.41, 5.74) is 13.0. The van der Waals surface area contributed by atoms with E-state index in [1.807, 2.05) is 0 Å². The fraction of sp³-hybridized carbons (Fsp3) is 0.867. The molecule has 0 amide bonds. The van der Waals surface area contributed by atoms with Crippen LogP contribution in [-0.4, -0.2) is 17.8 Å². The molecule has 0 aromatic carbocycles. The van der Waals surface area contributed by atoms with E-state index in [1.165, 1.54) is 38.5 Å². The number of nitrogens with zero attached hydrogens (tertiary/aromatic N) is 2. The highest BCUT2D eigenvalue weighted by Crippen LogP contribution is 2.32. The topological polar surface area (TPSA) is 76.8 Å². The number of unbranched alkanes of at least 4 members (excludes halogenated alkanes) is 4. The molecule has 4 nitrogen and oxygen atoms in total. The van der Waals surface area contributed by atoms with Gasteiger partial charge in [-0.2, -0.15) is 0 Å². The number of rotatable bonds is 8. The third-order valence-electron chi connectivity index (χ3n) is 4.06. The van der Waals surface area contributed by atoms with E-state index in [2.05, 4.69) is 30.8 Å². The van der Waals surface area contributed by atoms with Crippen molar-refractivity contribution in [3.05, 3.63) is 0 Å². The first kappa shape index (κ1) is 16.2. The minimum Gasteiger partial charge on any atom is -0.387 e. The van der Waals surface area contributed by atoms with Crippen LogP contribution in [0.25, 0.3) is 0 Å². The average molecular weight is 266 g/mol. The van der Waals surface area contributed by atoms with E-state index < -0.39 is 6.29 Å². The standard InChI is InChI=1S/C15H30N4/c1-4-6-8-10-12-15(3,11-9-7-5-2)13(16)19-14(17)18-12/h14H,4-11,17H2,1-3H3,(H2,16,19). The molecule has 1 rings (SSSR count). The highest BCUT2D eigenvalue weighted by Gasteiger charge is 2.36. The molecule has 1 heterocycles. The summed E-state index contributed by atoms with van der Waals surface area (Å²) >= 11 is 0. The molecule has 4 heteroatoms. The summed E-state index contributed by atoms with van der Waals surface area (Å²) in [4.78, 5) is 8.84. The largest absolute Gasteiger partial charge is 0.387 e. The Morgan fingerprint density at radius 2 is 1.68 bits per heavy atom. The van der Waals surface area contributed by atoms with Crippen molar-refractivity contribution in [2.24, 2.45) is 26.9 Å². The molecule has 0 saturated heterocycles. The Morgan fingerprint density at radius 1 is 1.05 bits per heavy atom. The fourth-order valence-electron chi connectivity index (χ4n) is 2.65. The molecular weight excluding hydrogens is 236 g/mol. The van der Waals surface area contributed by atoms with Crippen molar-refractivity contribution in [1.82, 2.24) is 0 Å². The van der Waals surface area contributed by atoms with Crippen molar-refractivity contribution in [2.45, 2.75) is 78.4 Å². The second-order valence-electron chi connectivity index (χ2n) is 5.75. The second kappa shape index (κ2) is 7.63. The zero-order valence-electron chi connectivity index (χ0n) is 12.8. The van der Waals surface area contributed by atoms with E-state index >= 15 is 0 Å². The monoisotopic (exact) mass is 266 g/mol. The van der Waals surface area contributed by atoms with Crippen LogP contribution in [0.3, 0.4) is 0 Å². The lowest BCUT2D eigenvalue weighted by Gasteiger charge is -2.35. The summed E-state index contributed by atoms with van der Waals surface area (Å²) in [5.74, 6) is 0.678. The molecule has 0 bridgehead atoms. The van der Waals surface area contributed by atoms with Crippen LogP contribution < -0.4 is 11.5 Å². The molecule has 0 aliphatic carbocycles. The van der Waals surface area contributed by atoms with Crippen molar-refractivity contribution >= 4 is 11.5 Å². The lowest BCUT2D eigenvalue weighted by Crippen LogP contribution is -2.46. The van der Waals surface area contributed by atoms with Gasteiger partial charge in [0.15, 0.2) is 6.29 Å². The quantitative estimate of drug-likeness (QED) is 0.662. The van der Waals surface area contributed by atoms with Gasteiger partial charge in [0.25, 0.3) is 0 Å². The van der Waals surface area contributed by atoms with Crippen LogP contribution in [0.4, 0.5) is 0 Å². The highest BCUT2D eigenvalue weighted by molar-refractivity contribution is 6.11. The molecule has 0 saturated carbocycles. The molecule has 2 unspecified atom stereocenters. The van der Waals surface area contributed by atoms with Gasteiger partial charge < -0.3 is 5.73 Å². The maximum Gasteiger partial charge on any atom is 0.193 e. The minimum absolute atomic E-state index is 0.168.